The van der Waals surface area contributed by atoms with Crippen molar-refractivity contribution in [2.45, 2.75) is 79.1 Å². The molecule has 1 amide bonds. The maximum absolute atomic E-state index is 11.5. The van der Waals surface area contributed by atoms with Crippen molar-refractivity contribution in [1.29, 1.82) is 0 Å². The lowest BCUT2D eigenvalue weighted by atomic mass is 9.81. The molecule has 1 rings (SSSR count). The molecule has 0 aliphatic rings. The van der Waals surface area contributed by atoms with Crippen LogP contribution in [0, 0.1) is 29.6 Å². The number of ether oxygens (including phenoxy) is 1. The van der Waals surface area contributed by atoms with Crippen molar-refractivity contribution < 1.29 is 19.7 Å². The third-order valence-electron chi connectivity index (χ3n) is 6.85. The zero-order valence-electron chi connectivity index (χ0n) is 22.8. The van der Waals surface area contributed by atoms with Crippen LogP contribution in [0.2, 0.25) is 0 Å². The zero-order valence-corrected chi connectivity index (χ0v) is 23.7. The number of thiophene rings is 1. The molecule has 202 valence electrons. The number of carbonyl (C=O) groups excluding carboxylic acids is 1. The van der Waals surface area contributed by atoms with Gasteiger partial charge in [0.1, 0.15) is 6.10 Å². The monoisotopic (exact) mass is 517 g/mol. The molecule has 0 saturated carbocycles. The van der Waals surface area contributed by atoms with E-state index >= 15 is 0 Å². The molecular formula is C30H47NO4S. The molecule has 0 unspecified atom stereocenters. The van der Waals surface area contributed by atoms with E-state index in [1.807, 2.05) is 47.6 Å². The summed E-state index contributed by atoms with van der Waals surface area (Å²) >= 11 is 1.72. The molecule has 4 N–H and O–H groups in total. The quantitative estimate of drug-likeness (QED) is 0.168. The topological polar surface area (TPSA) is 92.8 Å². The summed E-state index contributed by atoms with van der Waals surface area (Å²) in [6.07, 6.45) is 11.8. The van der Waals surface area contributed by atoms with Gasteiger partial charge in [-0.3, -0.25) is 0 Å². The molecule has 6 heteroatoms. The van der Waals surface area contributed by atoms with E-state index in [0.29, 0.717) is 6.42 Å². The minimum atomic E-state index is -0.848. The van der Waals surface area contributed by atoms with Gasteiger partial charge in [-0.2, -0.15) is 11.3 Å². The van der Waals surface area contributed by atoms with Crippen LogP contribution in [-0.4, -0.2) is 34.6 Å². The number of amides is 1. The average molecular weight is 518 g/mol. The first-order valence-corrected chi connectivity index (χ1v) is 13.9. The van der Waals surface area contributed by atoms with E-state index in [4.69, 9.17) is 10.5 Å². The van der Waals surface area contributed by atoms with Gasteiger partial charge in [0, 0.05) is 23.7 Å². The fraction of sp³-hybridized carbons (Fsp3) is 0.567. The Balaban J connectivity index is 2.69. The number of aliphatic hydroxyl groups excluding tert-OH is 2. The highest BCUT2D eigenvalue weighted by molar-refractivity contribution is 7.07. The molecule has 36 heavy (non-hydrogen) atoms. The van der Waals surface area contributed by atoms with Crippen molar-refractivity contribution in [3.63, 3.8) is 0 Å². The van der Waals surface area contributed by atoms with E-state index in [9.17, 15) is 15.0 Å². The Hall–Kier alpha value is -2.15. The third-order valence-corrected chi connectivity index (χ3v) is 7.58. The van der Waals surface area contributed by atoms with Gasteiger partial charge in [0.15, 0.2) is 0 Å². The molecule has 8 atom stereocenters. The van der Waals surface area contributed by atoms with Crippen LogP contribution in [0.5, 0.6) is 0 Å². The van der Waals surface area contributed by atoms with E-state index < -0.39 is 24.4 Å². The highest BCUT2D eigenvalue weighted by Crippen LogP contribution is 2.29. The molecule has 0 aliphatic heterocycles. The molecule has 0 spiro atoms. The largest absolute Gasteiger partial charge is 0.445 e. The molecule has 1 aromatic rings. The lowest BCUT2D eigenvalue weighted by molar-refractivity contribution is -0.0266. The zero-order chi connectivity index (χ0) is 27.3. The van der Waals surface area contributed by atoms with Gasteiger partial charge >= 0.3 is 6.09 Å². The summed E-state index contributed by atoms with van der Waals surface area (Å²) in [6.45, 7) is 15.6. The minimum absolute atomic E-state index is 0.0155. The standard InChI is InChI=1S/C30H47NO4S/c1-8-9-12-22(4)29(35-30(31)34)25(7)28(33)24(6)18-20(2)17-23(5)27(32)21(3)13-10-11-14-26-15-16-36-19-26/h8-10,12-13,15-17,19,21-25,27-29,32-33H,1,11,14,18H2,2-7H3,(H2,31,34)/b12-9-,13-10-,20-17-/t21-,22-,23-,24-,25-,27-,28+,29-/m0/s1. The predicted molar refractivity (Wildman–Crippen MR) is 152 cm³/mol. The van der Waals surface area contributed by atoms with E-state index in [1.54, 1.807) is 23.5 Å². The van der Waals surface area contributed by atoms with E-state index in [2.05, 4.69) is 41.6 Å². The second-order valence-electron chi connectivity index (χ2n) is 10.2. The van der Waals surface area contributed by atoms with E-state index in [-0.39, 0.29) is 29.6 Å². The Morgan fingerprint density at radius 1 is 1.11 bits per heavy atom. The number of hydrogen-bond donors (Lipinski definition) is 3. The van der Waals surface area contributed by atoms with Crippen LogP contribution in [0.1, 0.15) is 59.9 Å². The molecule has 5 nitrogen and oxygen atoms in total. The maximum atomic E-state index is 11.5. The lowest BCUT2D eigenvalue weighted by Gasteiger charge is -2.33. The van der Waals surface area contributed by atoms with Crippen LogP contribution >= 0.6 is 11.3 Å². The number of nitrogens with two attached hydrogens (primary N) is 1. The van der Waals surface area contributed by atoms with Crippen molar-refractivity contribution in [2.75, 3.05) is 0 Å². The SMILES string of the molecule is C=C/C=C\[C@H](C)[C@H](OC(N)=O)[C@@H](C)[C@H](O)[C@@H](C)C/C(C)=C\[C@H](C)[C@@H](O)[C@@H](C)/C=C\CCc1ccsc1. The van der Waals surface area contributed by atoms with Gasteiger partial charge in [-0.1, -0.05) is 83.2 Å². The summed E-state index contributed by atoms with van der Waals surface area (Å²) in [7, 11) is 0. The molecule has 0 fully saturated rings. The first kappa shape index (κ1) is 31.9. The smallest absolute Gasteiger partial charge is 0.404 e. The van der Waals surface area contributed by atoms with Crippen molar-refractivity contribution in [1.82, 2.24) is 0 Å². The number of aliphatic hydroxyl groups is 2. The number of allylic oxidation sites excluding steroid dienone is 4. The number of rotatable bonds is 16. The maximum Gasteiger partial charge on any atom is 0.404 e. The summed E-state index contributed by atoms with van der Waals surface area (Å²) < 4.78 is 5.37. The fourth-order valence-electron chi connectivity index (χ4n) is 4.74. The van der Waals surface area contributed by atoms with Gasteiger partial charge in [0.2, 0.25) is 0 Å². The molecule has 0 radical (unpaired) electrons. The molecule has 0 bridgehead atoms. The molecule has 0 aliphatic carbocycles. The number of hydrogen-bond acceptors (Lipinski definition) is 5. The number of aryl methyl sites for hydroxylation is 1. The number of primary amides is 1. The minimum Gasteiger partial charge on any atom is -0.445 e. The van der Waals surface area contributed by atoms with Gasteiger partial charge in [0.25, 0.3) is 0 Å². The first-order chi connectivity index (χ1) is 17.0. The summed E-state index contributed by atoms with van der Waals surface area (Å²) in [5.41, 5.74) is 7.76. The van der Waals surface area contributed by atoms with E-state index in [0.717, 1.165) is 18.4 Å². The van der Waals surface area contributed by atoms with Gasteiger partial charge in [-0.05, 0) is 54.5 Å². The highest BCUT2D eigenvalue weighted by Gasteiger charge is 2.33. The van der Waals surface area contributed by atoms with Crippen LogP contribution < -0.4 is 5.73 Å². The highest BCUT2D eigenvalue weighted by atomic mass is 32.1. The van der Waals surface area contributed by atoms with Gasteiger partial charge in [-0.15, -0.1) is 0 Å². The summed E-state index contributed by atoms with van der Waals surface area (Å²) in [5, 5.41) is 26.1. The van der Waals surface area contributed by atoms with Gasteiger partial charge in [-0.25, -0.2) is 4.79 Å². The van der Waals surface area contributed by atoms with Gasteiger partial charge in [0.05, 0.1) is 12.2 Å². The normalized spacial score (nSPS) is 19.4. The lowest BCUT2D eigenvalue weighted by Crippen LogP contribution is -2.41. The second kappa shape index (κ2) is 16.6. The Labute approximate surface area is 222 Å². The van der Waals surface area contributed by atoms with Crippen LogP contribution in [0.15, 0.2) is 65.4 Å². The van der Waals surface area contributed by atoms with E-state index in [1.165, 1.54) is 5.56 Å². The van der Waals surface area contributed by atoms with Crippen molar-refractivity contribution >= 4 is 17.4 Å². The predicted octanol–water partition coefficient (Wildman–Crippen LogP) is 6.68. The van der Waals surface area contributed by atoms with Gasteiger partial charge < -0.3 is 20.7 Å². The van der Waals surface area contributed by atoms with Crippen LogP contribution in [-0.2, 0) is 11.2 Å². The molecule has 1 aromatic heterocycles. The Bertz CT molecular complexity index is 860. The number of carbonyl (C=O) groups is 1. The van der Waals surface area contributed by atoms with Crippen LogP contribution in [0.3, 0.4) is 0 Å². The molecular weight excluding hydrogens is 470 g/mol. The average Bonchev–Trinajstić information content (AvgIpc) is 3.35. The first-order valence-electron chi connectivity index (χ1n) is 12.9. The van der Waals surface area contributed by atoms with Crippen molar-refractivity contribution in [2.24, 2.45) is 35.3 Å². The van der Waals surface area contributed by atoms with Crippen LogP contribution in [0.4, 0.5) is 4.79 Å². The van der Waals surface area contributed by atoms with Crippen molar-refractivity contribution in [3.8, 4) is 0 Å². The third kappa shape index (κ3) is 11.3. The van der Waals surface area contributed by atoms with Crippen molar-refractivity contribution in [3.05, 3.63) is 71.0 Å². The Morgan fingerprint density at radius 3 is 2.39 bits per heavy atom. The summed E-state index contributed by atoms with van der Waals surface area (Å²) in [4.78, 5) is 11.5. The van der Waals surface area contributed by atoms with Crippen LogP contribution in [0.25, 0.3) is 0 Å². The summed E-state index contributed by atoms with van der Waals surface area (Å²) in [6, 6.07) is 2.15. The molecule has 1 heterocycles. The fourth-order valence-corrected chi connectivity index (χ4v) is 5.44. The summed E-state index contributed by atoms with van der Waals surface area (Å²) in [5.74, 6) is -0.472. The Morgan fingerprint density at radius 2 is 1.81 bits per heavy atom. The molecule has 0 aromatic carbocycles. The second-order valence-corrected chi connectivity index (χ2v) is 11.0. The Kier molecular flexibility index (Phi) is 14.7. The molecule has 0 saturated heterocycles.